The van der Waals surface area contributed by atoms with Gasteiger partial charge in [-0.25, -0.2) is 0 Å². The number of quaternary nitrogens is 1. The van der Waals surface area contributed by atoms with Crippen molar-refractivity contribution >= 4 is 17.5 Å². The Morgan fingerprint density at radius 1 is 1.16 bits per heavy atom. The molecule has 0 aliphatic carbocycles. The number of piperidine rings is 1. The second-order valence-corrected chi connectivity index (χ2v) is 7.39. The number of nitrogens with zero attached hydrogens (tertiary/aromatic N) is 1. The first kappa shape index (κ1) is 19.4. The third-order valence-corrected chi connectivity index (χ3v) is 4.93. The first-order chi connectivity index (χ1) is 11.9. The monoisotopic (exact) mass is 346 g/mol. The molecule has 0 bridgehead atoms. The Labute approximate surface area is 151 Å². The van der Waals surface area contributed by atoms with E-state index in [1.165, 1.54) is 11.3 Å². The molecule has 0 aromatic heterocycles. The van der Waals surface area contributed by atoms with Gasteiger partial charge >= 0.3 is 0 Å². The number of nitrogens with one attached hydrogen (secondary N) is 2. The second kappa shape index (κ2) is 8.99. The Hall–Kier alpha value is -1.88. The van der Waals surface area contributed by atoms with E-state index >= 15 is 0 Å². The van der Waals surface area contributed by atoms with Gasteiger partial charge < -0.3 is 15.1 Å². The van der Waals surface area contributed by atoms with Crippen molar-refractivity contribution < 1.29 is 14.5 Å². The Bertz CT molecular complexity index is 588. The van der Waals surface area contributed by atoms with Gasteiger partial charge in [0.15, 0.2) is 6.54 Å². The van der Waals surface area contributed by atoms with Crippen LogP contribution in [0.1, 0.15) is 44.5 Å². The minimum Gasteiger partial charge on any atom is -0.339 e. The summed E-state index contributed by atoms with van der Waals surface area (Å²) in [5.41, 5.74) is 1.31. The van der Waals surface area contributed by atoms with Crippen LogP contribution in [0.15, 0.2) is 24.3 Å². The molecule has 138 valence electrons. The maximum atomic E-state index is 12.4. The Kier molecular flexibility index (Phi) is 7.00. The molecule has 1 heterocycles. The predicted octanol–water partition coefficient (Wildman–Crippen LogP) is 1.67. The number of benzene rings is 1. The Balaban J connectivity index is 1.97. The van der Waals surface area contributed by atoms with Crippen molar-refractivity contribution in [3.05, 3.63) is 29.8 Å². The topological polar surface area (TPSA) is 53.9 Å². The lowest BCUT2D eigenvalue weighted by molar-refractivity contribution is -0.904. The fourth-order valence-corrected chi connectivity index (χ4v) is 3.92. The van der Waals surface area contributed by atoms with E-state index in [-0.39, 0.29) is 11.8 Å². The molecule has 2 N–H and O–H groups in total. The molecule has 5 nitrogen and oxygen atoms in total. The van der Waals surface area contributed by atoms with Crippen LogP contribution >= 0.6 is 0 Å². The maximum absolute atomic E-state index is 12.4. The van der Waals surface area contributed by atoms with Gasteiger partial charge in [-0.3, -0.25) is 9.59 Å². The van der Waals surface area contributed by atoms with Gasteiger partial charge in [-0.05, 0) is 38.5 Å². The minimum absolute atomic E-state index is 0.00500. The Morgan fingerprint density at radius 2 is 1.80 bits per heavy atom. The lowest BCUT2D eigenvalue weighted by Crippen LogP contribution is -3.15. The summed E-state index contributed by atoms with van der Waals surface area (Å²) in [5, 5.41) is 2.96. The second-order valence-electron chi connectivity index (χ2n) is 7.39. The first-order valence-corrected chi connectivity index (χ1v) is 9.45. The van der Waals surface area contributed by atoms with E-state index in [1.807, 2.05) is 26.0 Å². The molecule has 1 aliphatic rings. The van der Waals surface area contributed by atoms with Crippen LogP contribution < -0.4 is 10.2 Å². The standard InChI is InChI=1S/C20H31N3O2/c1-5-23(6-2)20(25)17-8-7-9-18(11-17)21-19(24)14-22-12-15(3)10-16(4)13-22/h7-9,11,15-16H,5-6,10,12-14H2,1-4H3,(H,21,24)/p+1/t15-,16+. The van der Waals surface area contributed by atoms with E-state index < -0.39 is 0 Å². The summed E-state index contributed by atoms with van der Waals surface area (Å²) in [6, 6.07) is 7.24. The van der Waals surface area contributed by atoms with E-state index in [0.29, 0.717) is 42.7 Å². The van der Waals surface area contributed by atoms with Crippen LogP contribution in [0.5, 0.6) is 0 Å². The molecule has 25 heavy (non-hydrogen) atoms. The number of rotatable bonds is 6. The summed E-state index contributed by atoms with van der Waals surface area (Å²) in [5.74, 6) is 1.36. The number of carbonyl (C=O) groups excluding carboxylic acids is 2. The quantitative estimate of drug-likeness (QED) is 0.823. The van der Waals surface area contributed by atoms with Crippen molar-refractivity contribution in [2.75, 3.05) is 38.0 Å². The van der Waals surface area contributed by atoms with Gasteiger partial charge in [0.1, 0.15) is 0 Å². The lowest BCUT2D eigenvalue weighted by Gasteiger charge is -2.31. The fourth-order valence-electron chi connectivity index (χ4n) is 3.92. The van der Waals surface area contributed by atoms with Gasteiger partial charge in [0, 0.05) is 36.2 Å². The van der Waals surface area contributed by atoms with Crippen LogP contribution in [0.4, 0.5) is 5.69 Å². The third-order valence-electron chi connectivity index (χ3n) is 4.93. The highest BCUT2D eigenvalue weighted by Crippen LogP contribution is 2.14. The molecule has 1 aromatic rings. The summed E-state index contributed by atoms with van der Waals surface area (Å²) in [6.07, 6.45) is 1.25. The molecule has 0 saturated carbocycles. The molecule has 0 spiro atoms. The van der Waals surface area contributed by atoms with Crippen molar-refractivity contribution in [3.8, 4) is 0 Å². The van der Waals surface area contributed by atoms with Crippen LogP contribution in [-0.2, 0) is 4.79 Å². The van der Waals surface area contributed by atoms with Crippen LogP contribution in [0, 0.1) is 11.8 Å². The fraction of sp³-hybridized carbons (Fsp3) is 0.600. The number of carbonyl (C=O) groups is 2. The number of anilines is 1. The molecule has 0 radical (unpaired) electrons. The van der Waals surface area contributed by atoms with E-state index in [0.717, 1.165) is 13.1 Å². The summed E-state index contributed by atoms with van der Waals surface area (Å²) >= 11 is 0. The summed E-state index contributed by atoms with van der Waals surface area (Å²) in [4.78, 5) is 28.0. The molecule has 2 rings (SSSR count). The van der Waals surface area contributed by atoms with Crippen molar-refractivity contribution in [1.82, 2.24) is 4.90 Å². The largest absolute Gasteiger partial charge is 0.339 e. The molecule has 1 aromatic carbocycles. The zero-order valence-electron chi connectivity index (χ0n) is 16.0. The molecule has 1 saturated heterocycles. The molecule has 3 atom stereocenters. The number of hydrogen-bond donors (Lipinski definition) is 2. The van der Waals surface area contributed by atoms with Gasteiger partial charge in [0.2, 0.25) is 0 Å². The van der Waals surface area contributed by atoms with Crippen molar-refractivity contribution in [2.24, 2.45) is 11.8 Å². The van der Waals surface area contributed by atoms with Gasteiger partial charge in [-0.2, -0.15) is 0 Å². The van der Waals surface area contributed by atoms with Crippen LogP contribution in [0.25, 0.3) is 0 Å². The molecular formula is C20H32N3O2+. The minimum atomic E-state index is 0.00500. The average Bonchev–Trinajstić information content (AvgIpc) is 2.55. The SMILES string of the molecule is CCN(CC)C(=O)c1cccc(NC(=O)C[NH+]2C[C@H](C)C[C@H](C)C2)c1. The highest BCUT2D eigenvalue weighted by Gasteiger charge is 2.26. The van der Waals surface area contributed by atoms with Crippen LogP contribution in [0.2, 0.25) is 0 Å². The highest BCUT2D eigenvalue weighted by molar-refractivity contribution is 5.97. The molecule has 5 heteroatoms. The third kappa shape index (κ3) is 5.56. The van der Waals surface area contributed by atoms with Crippen molar-refractivity contribution in [3.63, 3.8) is 0 Å². The predicted molar refractivity (Wildman–Crippen MR) is 101 cm³/mol. The molecular weight excluding hydrogens is 314 g/mol. The Morgan fingerprint density at radius 3 is 2.40 bits per heavy atom. The van der Waals surface area contributed by atoms with E-state index in [9.17, 15) is 9.59 Å². The van der Waals surface area contributed by atoms with Gasteiger partial charge in [-0.15, -0.1) is 0 Å². The number of hydrogen-bond acceptors (Lipinski definition) is 2. The normalized spacial score (nSPS) is 23.1. The van der Waals surface area contributed by atoms with Crippen molar-refractivity contribution in [1.29, 1.82) is 0 Å². The molecule has 1 fully saturated rings. The molecule has 1 aliphatic heterocycles. The zero-order valence-corrected chi connectivity index (χ0v) is 16.0. The summed E-state index contributed by atoms with van der Waals surface area (Å²) < 4.78 is 0. The van der Waals surface area contributed by atoms with Crippen LogP contribution in [-0.4, -0.2) is 49.4 Å². The first-order valence-electron chi connectivity index (χ1n) is 9.45. The number of likely N-dealkylation sites (tertiary alicyclic amines) is 1. The number of amides is 2. The molecule has 1 unspecified atom stereocenters. The van der Waals surface area contributed by atoms with E-state index in [2.05, 4.69) is 19.2 Å². The maximum Gasteiger partial charge on any atom is 0.279 e. The van der Waals surface area contributed by atoms with Crippen LogP contribution in [0.3, 0.4) is 0 Å². The summed E-state index contributed by atoms with van der Waals surface area (Å²) in [7, 11) is 0. The van der Waals surface area contributed by atoms with E-state index in [4.69, 9.17) is 0 Å². The smallest absolute Gasteiger partial charge is 0.279 e. The van der Waals surface area contributed by atoms with E-state index in [1.54, 1.807) is 17.0 Å². The molecule has 2 amide bonds. The summed E-state index contributed by atoms with van der Waals surface area (Å²) in [6.45, 7) is 12.4. The van der Waals surface area contributed by atoms with Gasteiger partial charge in [0.05, 0.1) is 13.1 Å². The lowest BCUT2D eigenvalue weighted by atomic mass is 9.92. The van der Waals surface area contributed by atoms with Gasteiger partial charge in [-0.1, -0.05) is 19.9 Å². The van der Waals surface area contributed by atoms with Gasteiger partial charge in [0.25, 0.3) is 11.8 Å². The van der Waals surface area contributed by atoms with Crippen molar-refractivity contribution in [2.45, 2.75) is 34.1 Å². The average molecular weight is 346 g/mol. The highest BCUT2D eigenvalue weighted by atomic mass is 16.2. The zero-order chi connectivity index (χ0) is 18.4.